The van der Waals surface area contributed by atoms with Crippen LogP contribution < -0.4 is 4.74 Å². The predicted octanol–water partition coefficient (Wildman–Crippen LogP) is 7.58. The van der Waals surface area contributed by atoms with E-state index in [1.54, 1.807) is 0 Å². The third-order valence-electron chi connectivity index (χ3n) is 7.77. The van der Waals surface area contributed by atoms with E-state index in [4.69, 9.17) is 4.74 Å². The van der Waals surface area contributed by atoms with Gasteiger partial charge in [0.05, 0.1) is 6.20 Å². The van der Waals surface area contributed by atoms with Crippen LogP contribution in [0.2, 0.25) is 0 Å². The zero-order valence-corrected chi connectivity index (χ0v) is 21.9. The summed E-state index contributed by atoms with van der Waals surface area (Å²) in [5.41, 5.74) is 8.84. The molecule has 1 unspecified atom stereocenters. The van der Waals surface area contributed by atoms with Crippen LogP contribution in [0.25, 0.3) is 11.1 Å². The summed E-state index contributed by atoms with van der Waals surface area (Å²) in [6.07, 6.45) is 7.42. The minimum Gasteiger partial charge on any atom is -0.489 e. The normalized spacial score (nSPS) is 16.4. The fourth-order valence-electron chi connectivity index (χ4n) is 5.80. The first-order valence-electron chi connectivity index (χ1n) is 13.7. The fourth-order valence-corrected chi connectivity index (χ4v) is 5.80. The molecule has 0 saturated heterocycles. The number of rotatable bonds is 9. The molecule has 0 saturated carbocycles. The molecule has 0 N–H and O–H groups in total. The summed E-state index contributed by atoms with van der Waals surface area (Å²) in [4.78, 5) is 10.7. The molecule has 39 heavy (non-hydrogen) atoms. The molecule has 2 atom stereocenters. The fraction of sp³-hybridized carbons (Fsp3) is 0.200. The molecule has 4 heteroatoms. The predicted molar refractivity (Wildman–Crippen MR) is 155 cm³/mol. The van der Waals surface area contributed by atoms with E-state index in [0.29, 0.717) is 25.5 Å². The SMILES string of the molecule is O=CCCn1cc(-c2ccc([C@@H]3c4ccc(OCc5ccccc5)cc4CCC3c3ccccc3)cc2)cn1. The van der Waals surface area contributed by atoms with E-state index >= 15 is 0 Å². The zero-order valence-electron chi connectivity index (χ0n) is 21.9. The summed E-state index contributed by atoms with van der Waals surface area (Å²) in [6.45, 7) is 1.18. The lowest BCUT2D eigenvalue weighted by Gasteiger charge is -2.35. The Hall–Kier alpha value is -4.44. The van der Waals surface area contributed by atoms with Gasteiger partial charge in [0, 0.05) is 30.6 Å². The monoisotopic (exact) mass is 512 g/mol. The van der Waals surface area contributed by atoms with E-state index in [1.165, 1.54) is 27.8 Å². The van der Waals surface area contributed by atoms with Gasteiger partial charge in [-0.2, -0.15) is 5.10 Å². The molecule has 4 aromatic carbocycles. The van der Waals surface area contributed by atoms with Crippen molar-refractivity contribution < 1.29 is 9.53 Å². The van der Waals surface area contributed by atoms with Crippen molar-refractivity contribution in [2.45, 2.75) is 44.2 Å². The van der Waals surface area contributed by atoms with Crippen molar-refractivity contribution in [1.29, 1.82) is 0 Å². The number of carbonyl (C=O) groups is 1. The Morgan fingerprint density at radius 2 is 1.62 bits per heavy atom. The number of hydrogen-bond donors (Lipinski definition) is 0. The lowest BCUT2D eigenvalue weighted by Crippen LogP contribution is -2.20. The van der Waals surface area contributed by atoms with Crippen LogP contribution in [0.3, 0.4) is 0 Å². The molecule has 1 aliphatic carbocycles. The van der Waals surface area contributed by atoms with Crippen molar-refractivity contribution in [3.8, 4) is 16.9 Å². The number of fused-ring (bicyclic) bond motifs is 1. The van der Waals surface area contributed by atoms with Crippen LogP contribution >= 0.6 is 0 Å². The van der Waals surface area contributed by atoms with Gasteiger partial charge in [-0.1, -0.05) is 91.0 Å². The molecular weight excluding hydrogens is 480 g/mol. The van der Waals surface area contributed by atoms with Crippen molar-refractivity contribution >= 4 is 6.29 Å². The number of aryl methyl sites for hydroxylation is 2. The molecule has 1 heterocycles. The smallest absolute Gasteiger partial charge is 0.121 e. The van der Waals surface area contributed by atoms with Gasteiger partial charge in [0.1, 0.15) is 18.6 Å². The minimum atomic E-state index is 0.267. The van der Waals surface area contributed by atoms with Crippen LogP contribution in [0.4, 0.5) is 0 Å². The Balaban J connectivity index is 1.30. The van der Waals surface area contributed by atoms with Crippen LogP contribution in [0.1, 0.15) is 52.5 Å². The lowest BCUT2D eigenvalue weighted by atomic mass is 9.69. The molecule has 4 nitrogen and oxygen atoms in total. The highest BCUT2D eigenvalue weighted by molar-refractivity contribution is 5.63. The summed E-state index contributed by atoms with van der Waals surface area (Å²) >= 11 is 0. The molecular formula is C35H32N2O2. The largest absolute Gasteiger partial charge is 0.489 e. The summed E-state index contributed by atoms with van der Waals surface area (Å²) in [5, 5.41) is 4.41. The Morgan fingerprint density at radius 1 is 0.846 bits per heavy atom. The molecule has 1 aromatic heterocycles. The average molecular weight is 513 g/mol. The number of aldehydes is 1. The highest BCUT2D eigenvalue weighted by Gasteiger charge is 2.32. The van der Waals surface area contributed by atoms with Crippen LogP contribution in [0, 0.1) is 0 Å². The van der Waals surface area contributed by atoms with E-state index in [2.05, 4.69) is 90.0 Å². The molecule has 6 rings (SSSR count). The van der Waals surface area contributed by atoms with Gasteiger partial charge in [-0.15, -0.1) is 0 Å². The lowest BCUT2D eigenvalue weighted by molar-refractivity contribution is -0.108. The summed E-state index contributed by atoms with van der Waals surface area (Å²) in [7, 11) is 0. The quantitative estimate of drug-likeness (QED) is 0.191. The summed E-state index contributed by atoms with van der Waals surface area (Å²) in [6, 6.07) is 36.8. The second-order valence-corrected chi connectivity index (χ2v) is 10.2. The zero-order chi connectivity index (χ0) is 26.4. The van der Waals surface area contributed by atoms with Gasteiger partial charge >= 0.3 is 0 Å². The van der Waals surface area contributed by atoms with Gasteiger partial charge < -0.3 is 9.53 Å². The third kappa shape index (κ3) is 5.56. The summed E-state index contributed by atoms with van der Waals surface area (Å²) in [5.74, 6) is 1.60. The second-order valence-electron chi connectivity index (χ2n) is 10.2. The first-order valence-corrected chi connectivity index (χ1v) is 13.7. The molecule has 194 valence electrons. The number of carbonyl (C=O) groups excluding carboxylic acids is 1. The molecule has 0 amide bonds. The van der Waals surface area contributed by atoms with Gasteiger partial charge in [-0.25, -0.2) is 0 Å². The summed E-state index contributed by atoms with van der Waals surface area (Å²) < 4.78 is 8.01. The van der Waals surface area contributed by atoms with E-state index < -0.39 is 0 Å². The van der Waals surface area contributed by atoms with Crippen molar-refractivity contribution in [3.63, 3.8) is 0 Å². The maximum Gasteiger partial charge on any atom is 0.121 e. The number of benzene rings is 4. The Morgan fingerprint density at radius 3 is 2.38 bits per heavy atom. The van der Waals surface area contributed by atoms with E-state index in [1.807, 2.05) is 35.3 Å². The van der Waals surface area contributed by atoms with E-state index in [-0.39, 0.29) is 5.92 Å². The van der Waals surface area contributed by atoms with Crippen LogP contribution in [0.5, 0.6) is 5.75 Å². The van der Waals surface area contributed by atoms with Crippen molar-refractivity contribution in [3.05, 3.63) is 143 Å². The third-order valence-corrected chi connectivity index (χ3v) is 7.77. The van der Waals surface area contributed by atoms with Gasteiger partial charge in [0.25, 0.3) is 0 Å². The number of nitrogens with zero attached hydrogens (tertiary/aromatic N) is 2. The van der Waals surface area contributed by atoms with Crippen LogP contribution in [0.15, 0.2) is 116 Å². The first-order chi connectivity index (χ1) is 19.3. The molecule has 5 aromatic rings. The topological polar surface area (TPSA) is 44.1 Å². The number of hydrogen-bond acceptors (Lipinski definition) is 3. The minimum absolute atomic E-state index is 0.267. The average Bonchev–Trinajstić information content (AvgIpc) is 3.48. The van der Waals surface area contributed by atoms with Crippen LogP contribution in [-0.2, 0) is 24.4 Å². The Labute approximate surface area is 229 Å². The van der Waals surface area contributed by atoms with Crippen molar-refractivity contribution in [2.24, 2.45) is 0 Å². The van der Waals surface area contributed by atoms with Gasteiger partial charge in [-0.05, 0) is 64.3 Å². The maximum atomic E-state index is 10.7. The van der Waals surface area contributed by atoms with E-state index in [9.17, 15) is 4.79 Å². The Kier molecular flexibility index (Phi) is 7.35. The van der Waals surface area contributed by atoms with Gasteiger partial charge in [0.2, 0.25) is 0 Å². The number of ether oxygens (including phenoxy) is 1. The Bertz CT molecular complexity index is 1520. The van der Waals surface area contributed by atoms with Gasteiger partial charge in [0.15, 0.2) is 0 Å². The molecule has 0 spiro atoms. The van der Waals surface area contributed by atoms with Crippen molar-refractivity contribution in [1.82, 2.24) is 9.78 Å². The molecule has 0 bridgehead atoms. The maximum absolute atomic E-state index is 10.7. The molecule has 1 aliphatic rings. The van der Waals surface area contributed by atoms with Gasteiger partial charge in [-0.3, -0.25) is 4.68 Å². The molecule has 0 radical (unpaired) electrons. The molecule has 0 fully saturated rings. The van der Waals surface area contributed by atoms with Crippen LogP contribution in [-0.4, -0.2) is 16.1 Å². The van der Waals surface area contributed by atoms with E-state index in [0.717, 1.165) is 36.0 Å². The first kappa shape index (κ1) is 24.9. The second kappa shape index (κ2) is 11.5. The standard InChI is InChI=1S/C35H32N2O2/c38-21-7-20-37-24-31(23-36-37)27-12-14-29(15-13-27)35-33(28-10-5-2-6-11-28)18-16-30-22-32(17-19-34(30)35)39-25-26-8-3-1-4-9-26/h1-6,8-15,17,19,21-24,33,35H,7,16,18,20,25H2/t33?,35-/m0/s1. The highest BCUT2D eigenvalue weighted by atomic mass is 16.5. The molecule has 0 aliphatic heterocycles. The number of aromatic nitrogens is 2. The highest BCUT2D eigenvalue weighted by Crippen LogP contribution is 2.47. The van der Waals surface area contributed by atoms with Crippen molar-refractivity contribution in [2.75, 3.05) is 0 Å².